The fraction of sp³-hybridized carbons (Fsp3) is 0.368. The van der Waals surface area contributed by atoms with E-state index in [4.69, 9.17) is 15.1 Å². The molecule has 1 amide bonds. The first-order valence-corrected chi connectivity index (χ1v) is 16.9. The van der Waals surface area contributed by atoms with Crippen LogP contribution in [0.2, 0.25) is 0 Å². The lowest BCUT2D eigenvalue weighted by Crippen LogP contribution is -2.40. The van der Waals surface area contributed by atoms with E-state index in [0.717, 1.165) is 50.6 Å². The fourth-order valence-electron chi connectivity index (χ4n) is 7.24. The van der Waals surface area contributed by atoms with Crippen LogP contribution in [-0.2, 0) is 11.3 Å². The van der Waals surface area contributed by atoms with Crippen molar-refractivity contribution in [3.05, 3.63) is 90.3 Å². The summed E-state index contributed by atoms with van der Waals surface area (Å²) >= 11 is 0. The van der Waals surface area contributed by atoms with Crippen molar-refractivity contribution in [1.29, 1.82) is 0 Å². The zero-order valence-electron chi connectivity index (χ0n) is 27.8. The number of hydrogen-bond donors (Lipinski definition) is 2. The quantitative estimate of drug-likeness (QED) is 0.157. The first-order chi connectivity index (χ1) is 22.9. The third-order valence-electron chi connectivity index (χ3n) is 9.57. The summed E-state index contributed by atoms with van der Waals surface area (Å²) in [6.45, 7) is 5.72. The molecule has 5 heterocycles. The Labute approximate surface area is 276 Å². The Morgan fingerprint density at radius 2 is 1.85 bits per heavy atom. The summed E-state index contributed by atoms with van der Waals surface area (Å²) in [5, 5.41) is 13.6. The molecule has 9 nitrogen and oxygen atoms in total. The van der Waals surface area contributed by atoms with E-state index >= 15 is 0 Å². The zero-order chi connectivity index (χ0) is 32.5. The molecule has 2 N–H and O–H groups in total. The van der Waals surface area contributed by atoms with Gasteiger partial charge in [0.05, 0.1) is 11.9 Å². The Morgan fingerprint density at radius 1 is 1.04 bits per heavy atom. The Morgan fingerprint density at radius 3 is 2.64 bits per heavy atom. The number of fused-ring (bicyclic) bond motifs is 4. The maximum Gasteiger partial charge on any atom is 0.248 e. The van der Waals surface area contributed by atoms with Crippen LogP contribution in [0.1, 0.15) is 63.0 Å². The lowest BCUT2D eigenvalue weighted by molar-refractivity contribution is -0.111. The fourth-order valence-corrected chi connectivity index (χ4v) is 7.24. The van der Waals surface area contributed by atoms with Crippen LogP contribution in [0.15, 0.2) is 79.1 Å². The molecule has 2 aliphatic rings. The molecule has 2 aromatic carbocycles. The number of likely N-dealkylation sites (N-methyl/N-ethyl adjacent to an activating group) is 1. The molecule has 7 rings (SSSR count). The van der Waals surface area contributed by atoms with Crippen LogP contribution in [0, 0.1) is 0 Å². The van der Waals surface area contributed by atoms with Crippen molar-refractivity contribution in [3.63, 3.8) is 0 Å². The van der Waals surface area contributed by atoms with Crippen molar-refractivity contribution in [1.82, 2.24) is 24.5 Å². The van der Waals surface area contributed by atoms with E-state index in [-0.39, 0.29) is 5.91 Å². The number of aromatic nitrogens is 4. The highest BCUT2D eigenvalue weighted by atomic mass is 16.1. The maximum atomic E-state index is 12.5. The van der Waals surface area contributed by atoms with E-state index in [1.807, 2.05) is 66.2 Å². The molecule has 9 heteroatoms. The predicted octanol–water partition coefficient (Wildman–Crippen LogP) is 7.26. The van der Waals surface area contributed by atoms with E-state index in [0.29, 0.717) is 31.1 Å². The number of rotatable bonds is 10. The second kappa shape index (κ2) is 13.2. The summed E-state index contributed by atoms with van der Waals surface area (Å²) in [7, 11) is 3.94. The lowest BCUT2D eigenvalue weighted by Gasteiger charge is -2.36. The number of hydrogen-bond acceptors (Lipinski definition) is 7. The average Bonchev–Trinajstić information content (AvgIpc) is 3.60. The summed E-state index contributed by atoms with van der Waals surface area (Å²) in [6.07, 6.45) is 13.6. The molecule has 0 radical (unpaired) electrons. The predicted molar refractivity (Wildman–Crippen MR) is 191 cm³/mol. The second-order valence-corrected chi connectivity index (χ2v) is 13.5. The molecule has 0 aliphatic carbocycles. The van der Waals surface area contributed by atoms with Gasteiger partial charge < -0.3 is 20.4 Å². The summed E-state index contributed by atoms with van der Waals surface area (Å²) in [4.78, 5) is 27.1. The number of nitrogens with one attached hydrogen (secondary N) is 2. The number of piperidine rings is 1. The molecule has 3 aromatic heterocycles. The number of anilines is 3. The van der Waals surface area contributed by atoms with Gasteiger partial charge in [-0.05, 0) is 81.3 Å². The number of nitrogens with zero attached hydrogens (tertiary/aromatic N) is 6. The van der Waals surface area contributed by atoms with Crippen LogP contribution in [0.25, 0.3) is 27.7 Å². The van der Waals surface area contributed by atoms with E-state index < -0.39 is 0 Å². The number of benzene rings is 2. The zero-order valence-corrected chi connectivity index (χ0v) is 27.8. The summed E-state index contributed by atoms with van der Waals surface area (Å²) in [5.74, 6) is 2.20. The third kappa shape index (κ3) is 6.32. The minimum Gasteiger partial charge on any atom is -0.366 e. The van der Waals surface area contributed by atoms with Crippen LogP contribution < -0.4 is 15.5 Å². The summed E-state index contributed by atoms with van der Waals surface area (Å²) in [6, 6.07) is 19.8. The minimum atomic E-state index is -0.143. The van der Waals surface area contributed by atoms with E-state index in [1.165, 1.54) is 37.7 Å². The van der Waals surface area contributed by atoms with Crippen LogP contribution >= 0.6 is 0 Å². The van der Waals surface area contributed by atoms with Crippen LogP contribution in [0.3, 0.4) is 0 Å². The van der Waals surface area contributed by atoms with Gasteiger partial charge in [-0.15, -0.1) is 0 Å². The molecule has 0 saturated carbocycles. The molecule has 47 heavy (non-hydrogen) atoms. The molecule has 2 saturated heterocycles. The Balaban J connectivity index is 1.18. The Bertz CT molecular complexity index is 1930. The molecular weight excluding hydrogens is 584 g/mol. The number of carbonyl (C=O) groups excluding carboxylic acids is 1. The van der Waals surface area contributed by atoms with Gasteiger partial charge in [0.1, 0.15) is 11.6 Å². The summed E-state index contributed by atoms with van der Waals surface area (Å²) in [5.41, 5.74) is 5.97. The second-order valence-electron chi connectivity index (χ2n) is 13.5. The maximum absolute atomic E-state index is 12.5. The van der Waals surface area contributed by atoms with Crippen molar-refractivity contribution in [3.8, 4) is 11.3 Å². The highest BCUT2D eigenvalue weighted by molar-refractivity contribution is 6.02. The lowest BCUT2D eigenvalue weighted by atomic mass is 9.99. The molecular formula is C38H44N8O. The Hall–Kier alpha value is -4.76. The van der Waals surface area contributed by atoms with E-state index in [2.05, 4.69) is 59.7 Å². The van der Waals surface area contributed by atoms with Gasteiger partial charge in [0.15, 0.2) is 5.65 Å². The van der Waals surface area contributed by atoms with Gasteiger partial charge in [-0.25, -0.2) is 4.98 Å². The van der Waals surface area contributed by atoms with Crippen LogP contribution in [0.5, 0.6) is 0 Å². The van der Waals surface area contributed by atoms with E-state index in [9.17, 15) is 4.79 Å². The van der Waals surface area contributed by atoms with Gasteiger partial charge >= 0.3 is 0 Å². The molecule has 2 fully saturated rings. The van der Waals surface area contributed by atoms with Crippen LogP contribution in [0.4, 0.5) is 17.3 Å². The normalized spacial score (nSPS) is 17.9. The van der Waals surface area contributed by atoms with Crippen molar-refractivity contribution in [2.45, 2.75) is 70.5 Å². The van der Waals surface area contributed by atoms with Gasteiger partial charge in [0.2, 0.25) is 5.91 Å². The third-order valence-corrected chi connectivity index (χ3v) is 9.57. The van der Waals surface area contributed by atoms with Crippen molar-refractivity contribution >= 4 is 39.6 Å². The topological polar surface area (TPSA) is 90.7 Å². The number of pyridine rings is 1. The van der Waals surface area contributed by atoms with Gasteiger partial charge in [0.25, 0.3) is 0 Å². The summed E-state index contributed by atoms with van der Waals surface area (Å²) < 4.78 is 1.97. The van der Waals surface area contributed by atoms with Crippen molar-refractivity contribution < 1.29 is 4.79 Å². The van der Waals surface area contributed by atoms with E-state index in [1.54, 1.807) is 6.08 Å². The molecule has 0 spiro atoms. The highest BCUT2D eigenvalue weighted by Crippen LogP contribution is 2.40. The van der Waals surface area contributed by atoms with Gasteiger partial charge in [0, 0.05) is 65.7 Å². The number of amides is 1. The number of carbonyl (C=O) groups is 1. The van der Waals surface area contributed by atoms with Crippen LogP contribution in [-0.4, -0.2) is 63.1 Å². The highest BCUT2D eigenvalue weighted by Gasteiger charge is 2.37. The molecule has 5 aromatic rings. The molecule has 2 bridgehead atoms. The standard InChI is InChI=1S/C38H44N8O/c1-25(2)33-24-41-46-34(22-35(43-38(33)46)45-29-10-7-11-30(45)16-15-29)40-23-27-9-5-6-12-31(27)37-32-17-14-28(21-26(32)18-19-39-37)42-36(47)13-8-20-44(3)4/h5-6,8-9,12-14,17-19,21-22,24-25,29-30,40H,7,10-11,15-16,20,23H2,1-4H3,(H,42,47)/b13-8+. The first kappa shape index (κ1) is 30.9. The largest absolute Gasteiger partial charge is 0.366 e. The Kier molecular flexibility index (Phi) is 8.64. The van der Waals surface area contributed by atoms with Gasteiger partial charge in [-0.2, -0.15) is 9.61 Å². The molecule has 2 aliphatic heterocycles. The van der Waals surface area contributed by atoms with Crippen molar-refractivity contribution in [2.24, 2.45) is 0 Å². The molecule has 2 unspecified atom stereocenters. The SMILES string of the molecule is CC(C)c1cnn2c(NCc3ccccc3-c3nccc4cc(NC(=O)/C=C/CN(C)C)ccc34)cc(N3C4CCCC3CC4)nc12. The molecule has 2 atom stereocenters. The monoisotopic (exact) mass is 628 g/mol. The first-order valence-electron chi connectivity index (χ1n) is 16.9. The smallest absolute Gasteiger partial charge is 0.248 e. The van der Waals surface area contributed by atoms with Crippen molar-refractivity contribution in [2.75, 3.05) is 36.2 Å². The average molecular weight is 629 g/mol. The minimum absolute atomic E-state index is 0.143. The van der Waals surface area contributed by atoms with Gasteiger partial charge in [-0.1, -0.05) is 50.3 Å². The molecule has 242 valence electrons. The van der Waals surface area contributed by atoms with Gasteiger partial charge in [-0.3, -0.25) is 9.78 Å².